The van der Waals surface area contributed by atoms with Crippen LogP contribution in [0.1, 0.15) is 67.4 Å². The molecule has 3 rings (SSSR count). The maximum Gasteiger partial charge on any atom is 0.338 e. The van der Waals surface area contributed by atoms with Gasteiger partial charge in [-0.15, -0.1) is 0 Å². The zero-order valence-corrected chi connectivity index (χ0v) is 20.4. The number of carbonyl (C=O) groups is 1. The molecule has 1 aliphatic carbocycles. The standard InChI is InChI=1S/C28H37NO3/c1-28(2,3)32-27(30)23-11-7-9-20(16-23)15-21-13-14-24(19-29(4)5)26(17-21)22-10-8-12-25(18-22)31-6/h7-12,15-16,18,24,26H,13-14,17,19H2,1-6H3. The summed E-state index contributed by atoms with van der Waals surface area (Å²) in [5.74, 6) is 1.68. The van der Waals surface area contributed by atoms with Gasteiger partial charge in [-0.1, -0.05) is 35.9 Å². The van der Waals surface area contributed by atoms with E-state index >= 15 is 0 Å². The van der Waals surface area contributed by atoms with Crippen molar-refractivity contribution in [3.63, 3.8) is 0 Å². The van der Waals surface area contributed by atoms with Gasteiger partial charge in [0.1, 0.15) is 11.4 Å². The van der Waals surface area contributed by atoms with E-state index < -0.39 is 5.60 Å². The Morgan fingerprint density at radius 2 is 1.88 bits per heavy atom. The first-order valence-electron chi connectivity index (χ1n) is 11.5. The summed E-state index contributed by atoms with van der Waals surface area (Å²) in [6.45, 7) is 6.74. The molecule has 0 radical (unpaired) electrons. The van der Waals surface area contributed by atoms with Crippen LogP contribution in [-0.2, 0) is 4.74 Å². The molecule has 2 aromatic carbocycles. The second kappa shape index (κ2) is 10.4. The minimum absolute atomic E-state index is 0.276. The molecule has 2 atom stereocenters. The quantitative estimate of drug-likeness (QED) is 0.508. The van der Waals surface area contributed by atoms with Gasteiger partial charge in [0.05, 0.1) is 12.7 Å². The summed E-state index contributed by atoms with van der Waals surface area (Å²) in [6.07, 6.45) is 5.50. The number of hydrogen-bond donors (Lipinski definition) is 0. The van der Waals surface area contributed by atoms with Crippen LogP contribution in [0.5, 0.6) is 5.75 Å². The van der Waals surface area contributed by atoms with E-state index in [1.165, 1.54) is 11.1 Å². The van der Waals surface area contributed by atoms with Gasteiger partial charge in [-0.2, -0.15) is 0 Å². The molecule has 2 unspecified atom stereocenters. The van der Waals surface area contributed by atoms with Crippen LogP contribution in [-0.4, -0.2) is 44.2 Å². The molecular weight excluding hydrogens is 398 g/mol. The summed E-state index contributed by atoms with van der Waals surface area (Å²) in [4.78, 5) is 14.8. The minimum atomic E-state index is -0.500. The first-order valence-corrected chi connectivity index (χ1v) is 11.5. The number of benzene rings is 2. The summed E-state index contributed by atoms with van der Waals surface area (Å²) < 4.78 is 11.0. The maximum absolute atomic E-state index is 12.5. The van der Waals surface area contributed by atoms with Crippen LogP contribution in [0.15, 0.2) is 54.1 Å². The van der Waals surface area contributed by atoms with E-state index in [0.717, 1.165) is 37.1 Å². The van der Waals surface area contributed by atoms with Crippen LogP contribution < -0.4 is 4.74 Å². The van der Waals surface area contributed by atoms with Crippen LogP contribution in [0, 0.1) is 5.92 Å². The Morgan fingerprint density at radius 3 is 2.56 bits per heavy atom. The number of carbonyl (C=O) groups excluding carboxylic acids is 1. The third-order valence-electron chi connectivity index (χ3n) is 5.90. The molecule has 0 heterocycles. The maximum atomic E-state index is 12.5. The smallest absolute Gasteiger partial charge is 0.338 e. The van der Waals surface area contributed by atoms with Gasteiger partial charge in [0.15, 0.2) is 0 Å². The van der Waals surface area contributed by atoms with Crippen LogP contribution in [0.4, 0.5) is 0 Å². The average Bonchev–Trinajstić information content (AvgIpc) is 2.73. The van der Waals surface area contributed by atoms with Crippen molar-refractivity contribution in [2.75, 3.05) is 27.7 Å². The molecular formula is C28H37NO3. The van der Waals surface area contributed by atoms with Gasteiger partial charge in [0, 0.05) is 6.54 Å². The minimum Gasteiger partial charge on any atom is -0.497 e. The molecule has 1 fully saturated rings. The molecule has 32 heavy (non-hydrogen) atoms. The lowest BCUT2D eigenvalue weighted by Gasteiger charge is -2.35. The van der Waals surface area contributed by atoms with Crippen molar-refractivity contribution in [3.05, 3.63) is 70.8 Å². The topological polar surface area (TPSA) is 38.8 Å². The number of ether oxygens (including phenoxy) is 2. The third kappa shape index (κ3) is 6.70. The Balaban J connectivity index is 1.84. The van der Waals surface area contributed by atoms with Crippen molar-refractivity contribution in [3.8, 4) is 5.75 Å². The first-order chi connectivity index (χ1) is 15.1. The van der Waals surface area contributed by atoms with Crippen LogP contribution >= 0.6 is 0 Å². The van der Waals surface area contributed by atoms with Crippen molar-refractivity contribution in [1.29, 1.82) is 0 Å². The number of nitrogens with zero attached hydrogens (tertiary/aromatic N) is 1. The molecule has 0 aliphatic heterocycles. The fraction of sp³-hybridized carbons (Fsp3) is 0.464. The second-order valence-electron chi connectivity index (χ2n) is 10.1. The lowest BCUT2D eigenvalue weighted by Crippen LogP contribution is -2.29. The zero-order chi connectivity index (χ0) is 23.3. The Kier molecular flexibility index (Phi) is 7.78. The second-order valence-corrected chi connectivity index (χ2v) is 10.1. The van der Waals surface area contributed by atoms with Crippen molar-refractivity contribution in [2.24, 2.45) is 5.92 Å². The van der Waals surface area contributed by atoms with Gasteiger partial charge in [0.2, 0.25) is 0 Å². The highest BCUT2D eigenvalue weighted by molar-refractivity contribution is 5.90. The van der Waals surface area contributed by atoms with Crippen LogP contribution in [0.25, 0.3) is 6.08 Å². The van der Waals surface area contributed by atoms with Gasteiger partial charge in [-0.05, 0) is 101 Å². The van der Waals surface area contributed by atoms with Crippen molar-refractivity contribution < 1.29 is 14.3 Å². The highest BCUT2D eigenvalue weighted by atomic mass is 16.6. The third-order valence-corrected chi connectivity index (χ3v) is 5.90. The molecule has 1 aliphatic rings. The van der Waals surface area contributed by atoms with E-state index in [2.05, 4.69) is 49.3 Å². The van der Waals surface area contributed by atoms with Gasteiger partial charge < -0.3 is 14.4 Å². The normalized spacial score (nSPS) is 20.4. The molecule has 0 spiro atoms. The number of rotatable bonds is 6. The number of allylic oxidation sites excluding steroid dienone is 1. The molecule has 2 aromatic rings. The summed E-state index contributed by atoms with van der Waals surface area (Å²) in [6, 6.07) is 16.3. The Bertz CT molecular complexity index is 955. The predicted molar refractivity (Wildman–Crippen MR) is 131 cm³/mol. The SMILES string of the molecule is COc1cccc(C2CC(=Cc3cccc(C(=O)OC(C)(C)C)c3)CCC2CN(C)C)c1. The molecule has 0 bridgehead atoms. The highest BCUT2D eigenvalue weighted by Crippen LogP contribution is 2.42. The van der Waals surface area contributed by atoms with Crippen molar-refractivity contribution in [1.82, 2.24) is 4.90 Å². The lowest BCUT2D eigenvalue weighted by molar-refractivity contribution is 0.00695. The molecule has 4 heteroatoms. The molecule has 172 valence electrons. The summed E-state index contributed by atoms with van der Waals surface area (Å²) >= 11 is 0. The fourth-order valence-corrected chi connectivity index (χ4v) is 4.53. The van der Waals surface area contributed by atoms with E-state index in [0.29, 0.717) is 17.4 Å². The van der Waals surface area contributed by atoms with Gasteiger partial charge in [-0.25, -0.2) is 4.79 Å². The van der Waals surface area contributed by atoms with Gasteiger partial charge in [0.25, 0.3) is 0 Å². The first kappa shape index (κ1) is 24.1. The summed E-state index contributed by atoms with van der Waals surface area (Å²) in [5, 5.41) is 0. The van der Waals surface area contributed by atoms with E-state index in [1.807, 2.05) is 45.0 Å². The van der Waals surface area contributed by atoms with E-state index in [-0.39, 0.29) is 5.97 Å². The van der Waals surface area contributed by atoms with Crippen molar-refractivity contribution in [2.45, 2.75) is 51.6 Å². The number of hydrogen-bond acceptors (Lipinski definition) is 4. The monoisotopic (exact) mass is 435 g/mol. The Labute approximate surface area is 193 Å². The van der Waals surface area contributed by atoms with E-state index in [1.54, 1.807) is 7.11 Å². The van der Waals surface area contributed by atoms with E-state index in [9.17, 15) is 4.79 Å². The largest absolute Gasteiger partial charge is 0.497 e. The summed E-state index contributed by atoms with van der Waals surface area (Å²) in [5.41, 5.74) is 3.91. The number of methoxy groups -OCH3 is 1. The molecule has 4 nitrogen and oxygen atoms in total. The van der Waals surface area contributed by atoms with Gasteiger partial charge in [-0.3, -0.25) is 0 Å². The summed E-state index contributed by atoms with van der Waals surface area (Å²) in [7, 11) is 6.02. The fourth-order valence-electron chi connectivity index (χ4n) is 4.53. The lowest BCUT2D eigenvalue weighted by atomic mass is 9.73. The van der Waals surface area contributed by atoms with Gasteiger partial charge >= 0.3 is 5.97 Å². The predicted octanol–water partition coefficient (Wildman–Crippen LogP) is 6.18. The molecule has 0 amide bonds. The van der Waals surface area contributed by atoms with Crippen LogP contribution in [0.3, 0.4) is 0 Å². The Hall–Kier alpha value is -2.59. The molecule has 0 saturated heterocycles. The van der Waals surface area contributed by atoms with Crippen LogP contribution in [0.2, 0.25) is 0 Å². The average molecular weight is 436 g/mol. The van der Waals surface area contributed by atoms with Crippen molar-refractivity contribution >= 4 is 12.0 Å². The van der Waals surface area contributed by atoms with E-state index in [4.69, 9.17) is 9.47 Å². The molecule has 0 N–H and O–H groups in total. The number of esters is 1. The molecule has 1 saturated carbocycles. The molecule has 0 aromatic heterocycles. The highest BCUT2D eigenvalue weighted by Gasteiger charge is 2.29. The Morgan fingerprint density at radius 1 is 1.12 bits per heavy atom. The zero-order valence-electron chi connectivity index (χ0n) is 20.4.